The van der Waals surface area contributed by atoms with Gasteiger partial charge in [-0.25, -0.2) is 0 Å². The van der Waals surface area contributed by atoms with Crippen LogP contribution in [0, 0.1) is 17.8 Å². The van der Waals surface area contributed by atoms with Crippen molar-refractivity contribution < 1.29 is 19.7 Å². The highest BCUT2D eigenvalue weighted by molar-refractivity contribution is 5.73. The molecule has 23 heavy (non-hydrogen) atoms. The second-order valence-electron chi connectivity index (χ2n) is 7.90. The first-order valence-electron chi connectivity index (χ1n) is 9.29. The molecule has 1 heterocycles. The molecule has 0 aromatic rings. The summed E-state index contributed by atoms with van der Waals surface area (Å²) >= 11 is 0. The maximum atomic E-state index is 11.1. The fourth-order valence-electron chi connectivity index (χ4n) is 4.57. The van der Waals surface area contributed by atoms with E-state index in [0.717, 1.165) is 24.7 Å². The van der Waals surface area contributed by atoms with Crippen molar-refractivity contribution in [3.8, 4) is 0 Å². The summed E-state index contributed by atoms with van der Waals surface area (Å²) in [5.41, 5.74) is 0. The van der Waals surface area contributed by atoms with E-state index < -0.39 is 18.2 Å². The number of hydrogen-bond donors (Lipinski definition) is 3. The fourth-order valence-corrected chi connectivity index (χ4v) is 4.57. The summed E-state index contributed by atoms with van der Waals surface area (Å²) in [7, 11) is 0. The van der Waals surface area contributed by atoms with Crippen LogP contribution in [-0.4, -0.2) is 47.1 Å². The molecule has 1 saturated heterocycles. The number of carbonyl (C=O) groups excluding carboxylic acids is 1. The quantitative estimate of drug-likeness (QED) is 0.717. The molecule has 5 unspecified atom stereocenters. The first-order chi connectivity index (χ1) is 11.0. The first-order valence-corrected chi connectivity index (χ1v) is 9.29. The second kappa shape index (κ2) is 7.49. The van der Waals surface area contributed by atoms with Crippen molar-refractivity contribution in [3.63, 3.8) is 0 Å². The summed E-state index contributed by atoms with van der Waals surface area (Å²) in [6, 6.07) is -0.505. The van der Waals surface area contributed by atoms with Gasteiger partial charge in [0, 0.05) is 6.92 Å². The van der Waals surface area contributed by atoms with Crippen molar-refractivity contribution in [2.24, 2.45) is 17.8 Å². The van der Waals surface area contributed by atoms with Gasteiger partial charge in [0.15, 0.2) is 0 Å². The molecule has 3 rings (SSSR count). The SMILES string of the molecule is CC(=O)N[C@H]1COC(C2CCC(CCC3CCC3)C2)C(O)C1O. The summed E-state index contributed by atoms with van der Waals surface area (Å²) in [6.07, 6.45) is 8.17. The average Bonchev–Trinajstić information content (AvgIpc) is 2.91. The third-order valence-corrected chi connectivity index (χ3v) is 6.21. The average molecular weight is 325 g/mol. The Morgan fingerprint density at radius 3 is 2.48 bits per heavy atom. The predicted molar refractivity (Wildman–Crippen MR) is 86.8 cm³/mol. The summed E-state index contributed by atoms with van der Waals surface area (Å²) in [6.45, 7) is 1.70. The summed E-state index contributed by atoms with van der Waals surface area (Å²) < 4.78 is 5.84. The Morgan fingerprint density at radius 2 is 1.83 bits per heavy atom. The lowest BCUT2D eigenvalue weighted by Crippen LogP contribution is -2.60. The molecule has 0 aromatic carbocycles. The maximum absolute atomic E-state index is 11.1. The highest BCUT2D eigenvalue weighted by atomic mass is 16.5. The minimum Gasteiger partial charge on any atom is -0.388 e. The standard InChI is InChI=1S/C18H31NO4/c1-11(20)19-15-10-23-18(17(22)16(15)21)14-8-7-13(9-14)6-5-12-3-2-4-12/h12-18,21-22H,2-10H2,1H3,(H,19,20)/t13?,14?,15-,16?,17?,18?/m0/s1. The van der Waals surface area contributed by atoms with Gasteiger partial charge in [0.05, 0.1) is 18.8 Å². The highest BCUT2D eigenvalue weighted by Crippen LogP contribution is 2.41. The normalized spacial score (nSPS) is 41.5. The molecule has 5 nitrogen and oxygen atoms in total. The Hall–Kier alpha value is -0.650. The van der Waals surface area contributed by atoms with Gasteiger partial charge >= 0.3 is 0 Å². The Bertz CT molecular complexity index is 412. The smallest absolute Gasteiger partial charge is 0.217 e. The van der Waals surface area contributed by atoms with E-state index in [2.05, 4.69) is 5.32 Å². The molecule has 2 aliphatic carbocycles. The van der Waals surface area contributed by atoms with Crippen molar-refractivity contribution in [1.82, 2.24) is 5.32 Å². The predicted octanol–water partition coefficient (Wildman–Crippen LogP) is 1.61. The molecule has 5 heteroatoms. The van der Waals surface area contributed by atoms with E-state index in [1.165, 1.54) is 45.4 Å². The van der Waals surface area contributed by atoms with Gasteiger partial charge in [0.25, 0.3) is 0 Å². The lowest BCUT2D eigenvalue weighted by Gasteiger charge is -2.40. The minimum absolute atomic E-state index is 0.208. The summed E-state index contributed by atoms with van der Waals surface area (Å²) in [5, 5.41) is 23.3. The number of ether oxygens (including phenoxy) is 1. The number of nitrogens with one attached hydrogen (secondary N) is 1. The van der Waals surface area contributed by atoms with Gasteiger partial charge in [0.1, 0.15) is 12.2 Å². The maximum Gasteiger partial charge on any atom is 0.217 e. The van der Waals surface area contributed by atoms with Crippen LogP contribution in [0.4, 0.5) is 0 Å². The lowest BCUT2D eigenvalue weighted by atomic mass is 9.80. The molecular formula is C18H31NO4. The lowest BCUT2D eigenvalue weighted by molar-refractivity contribution is -0.169. The van der Waals surface area contributed by atoms with Crippen molar-refractivity contribution >= 4 is 5.91 Å². The zero-order valence-corrected chi connectivity index (χ0v) is 14.1. The molecule has 2 saturated carbocycles. The van der Waals surface area contributed by atoms with Gasteiger partial charge in [0.2, 0.25) is 5.91 Å². The van der Waals surface area contributed by atoms with E-state index in [0.29, 0.717) is 5.92 Å². The minimum atomic E-state index is -0.938. The van der Waals surface area contributed by atoms with Crippen LogP contribution in [0.15, 0.2) is 0 Å². The third kappa shape index (κ3) is 4.06. The number of carbonyl (C=O) groups is 1. The molecule has 3 aliphatic rings. The van der Waals surface area contributed by atoms with Gasteiger partial charge in [-0.05, 0) is 30.6 Å². The fraction of sp³-hybridized carbons (Fsp3) is 0.944. The Labute approximate surface area is 138 Å². The van der Waals surface area contributed by atoms with Crippen LogP contribution in [0.1, 0.15) is 58.3 Å². The van der Waals surface area contributed by atoms with Gasteiger partial charge in [-0.3, -0.25) is 4.79 Å². The van der Waals surface area contributed by atoms with Crippen LogP contribution in [0.25, 0.3) is 0 Å². The van der Waals surface area contributed by atoms with Crippen LogP contribution < -0.4 is 5.32 Å². The zero-order chi connectivity index (χ0) is 16.4. The number of aliphatic hydroxyl groups excluding tert-OH is 2. The molecular weight excluding hydrogens is 294 g/mol. The van der Waals surface area contributed by atoms with E-state index in [9.17, 15) is 15.0 Å². The molecule has 3 N–H and O–H groups in total. The van der Waals surface area contributed by atoms with Gasteiger partial charge in [-0.1, -0.05) is 38.5 Å². The summed E-state index contributed by atoms with van der Waals surface area (Å²) in [5.74, 6) is 1.84. The van der Waals surface area contributed by atoms with E-state index in [4.69, 9.17) is 4.74 Å². The molecule has 3 fully saturated rings. The van der Waals surface area contributed by atoms with Crippen LogP contribution in [-0.2, 0) is 9.53 Å². The van der Waals surface area contributed by atoms with Crippen molar-refractivity contribution in [1.29, 1.82) is 0 Å². The highest BCUT2D eigenvalue weighted by Gasteiger charge is 2.44. The molecule has 1 aliphatic heterocycles. The van der Waals surface area contributed by atoms with Crippen LogP contribution in [0.5, 0.6) is 0 Å². The zero-order valence-electron chi connectivity index (χ0n) is 14.1. The monoisotopic (exact) mass is 325 g/mol. The topological polar surface area (TPSA) is 78.8 Å². The number of aliphatic hydroxyl groups is 2. The Morgan fingerprint density at radius 1 is 1.09 bits per heavy atom. The van der Waals surface area contributed by atoms with Crippen molar-refractivity contribution in [3.05, 3.63) is 0 Å². The molecule has 0 bridgehead atoms. The van der Waals surface area contributed by atoms with Gasteiger partial charge < -0.3 is 20.3 Å². The van der Waals surface area contributed by atoms with E-state index in [1.54, 1.807) is 0 Å². The Balaban J connectivity index is 1.46. The van der Waals surface area contributed by atoms with E-state index >= 15 is 0 Å². The first kappa shape index (κ1) is 17.2. The molecule has 0 aromatic heterocycles. The van der Waals surface area contributed by atoms with Gasteiger partial charge in [-0.2, -0.15) is 0 Å². The van der Waals surface area contributed by atoms with Gasteiger partial charge in [-0.15, -0.1) is 0 Å². The van der Waals surface area contributed by atoms with Crippen molar-refractivity contribution in [2.75, 3.05) is 6.61 Å². The van der Waals surface area contributed by atoms with Crippen LogP contribution in [0.2, 0.25) is 0 Å². The van der Waals surface area contributed by atoms with Crippen LogP contribution in [0.3, 0.4) is 0 Å². The van der Waals surface area contributed by atoms with E-state index in [-0.39, 0.29) is 18.6 Å². The molecule has 6 atom stereocenters. The number of hydrogen-bond acceptors (Lipinski definition) is 4. The number of amides is 1. The number of rotatable bonds is 5. The largest absolute Gasteiger partial charge is 0.388 e. The molecule has 0 spiro atoms. The molecule has 132 valence electrons. The second-order valence-corrected chi connectivity index (χ2v) is 7.90. The molecule has 1 amide bonds. The Kier molecular flexibility index (Phi) is 5.60. The van der Waals surface area contributed by atoms with Crippen molar-refractivity contribution in [2.45, 2.75) is 82.6 Å². The van der Waals surface area contributed by atoms with E-state index in [1.807, 2.05) is 0 Å². The summed E-state index contributed by atoms with van der Waals surface area (Å²) in [4.78, 5) is 11.1. The third-order valence-electron chi connectivity index (χ3n) is 6.21. The van der Waals surface area contributed by atoms with Crippen LogP contribution >= 0.6 is 0 Å². The molecule has 0 radical (unpaired) electrons.